The van der Waals surface area contributed by atoms with Crippen LogP contribution in [0.3, 0.4) is 0 Å². The van der Waals surface area contributed by atoms with Crippen LogP contribution in [0.2, 0.25) is 0 Å². The third-order valence-electron chi connectivity index (χ3n) is 3.31. The summed E-state index contributed by atoms with van der Waals surface area (Å²) in [6, 6.07) is 4.03. The number of imidazole rings is 1. The molecule has 6 heteroatoms. The first-order valence-corrected chi connectivity index (χ1v) is 6.85. The maximum Gasteiger partial charge on any atom is 0.147 e. The number of nitrogens with zero attached hydrogens (tertiary/aromatic N) is 3. The number of hydrogen-bond acceptors (Lipinski definition) is 2. The molecule has 0 fully saturated rings. The van der Waals surface area contributed by atoms with Crippen molar-refractivity contribution in [1.29, 1.82) is 0 Å². The Hall–Kier alpha value is -2.01. The number of hydrogen-bond donors (Lipinski definition) is 0. The second kappa shape index (κ2) is 5.07. The van der Waals surface area contributed by atoms with Crippen LogP contribution in [0.15, 0.2) is 30.6 Å². The molecular weight excluding hydrogens is 296 g/mol. The fraction of sp³-hybridized carbons (Fsp3) is 0.200. The van der Waals surface area contributed by atoms with E-state index in [0.29, 0.717) is 16.9 Å². The molecule has 0 saturated heterocycles. The Morgan fingerprint density at radius 1 is 1.24 bits per heavy atom. The van der Waals surface area contributed by atoms with E-state index >= 15 is 0 Å². The lowest BCUT2D eigenvalue weighted by molar-refractivity contribution is 0.584. The third kappa shape index (κ3) is 2.27. The lowest BCUT2D eigenvalue weighted by Gasteiger charge is -2.12. The number of aryl methyl sites for hydroxylation is 1. The zero-order valence-electron chi connectivity index (χ0n) is 11.4. The van der Waals surface area contributed by atoms with Crippen LogP contribution in [0.25, 0.3) is 16.7 Å². The molecule has 1 aromatic carbocycles. The van der Waals surface area contributed by atoms with Gasteiger partial charge in [0.2, 0.25) is 0 Å². The number of pyridine rings is 1. The predicted octanol–water partition coefficient (Wildman–Crippen LogP) is 4.31. The second-order valence-corrected chi connectivity index (χ2v) is 5.49. The van der Waals surface area contributed by atoms with Crippen LogP contribution < -0.4 is 0 Å². The minimum atomic E-state index is -0.524. The number of rotatable bonds is 2. The molecule has 0 aliphatic carbocycles. The maximum atomic E-state index is 14.3. The molecule has 3 nitrogen and oxygen atoms in total. The molecule has 0 aliphatic rings. The van der Waals surface area contributed by atoms with Crippen LogP contribution in [-0.4, -0.2) is 14.5 Å². The molecule has 0 spiro atoms. The van der Waals surface area contributed by atoms with Crippen molar-refractivity contribution < 1.29 is 8.78 Å². The van der Waals surface area contributed by atoms with E-state index in [9.17, 15) is 8.78 Å². The summed E-state index contributed by atoms with van der Waals surface area (Å²) in [5, 5.41) is -0.457. The first-order chi connectivity index (χ1) is 9.99. The highest BCUT2D eigenvalue weighted by molar-refractivity contribution is 6.20. The minimum absolute atomic E-state index is 0.0919. The summed E-state index contributed by atoms with van der Waals surface area (Å²) in [6.07, 6.45) is 3.14. The Labute approximate surface area is 125 Å². The summed E-state index contributed by atoms with van der Waals surface area (Å²) in [5.41, 5.74) is 1.56. The van der Waals surface area contributed by atoms with Gasteiger partial charge in [0, 0.05) is 12.3 Å². The van der Waals surface area contributed by atoms with E-state index in [1.807, 2.05) is 0 Å². The molecule has 1 atom stereocenters. The number of benzene rings is 1. The van der Waals surface area contributed by atoms with Crippen LogP contribution >= 0.6 is 11.6 Å². The van der Waals surface area contributed by atoms with Crippen molar-refractivity contribution in [1.82, 2.24) is 14.5 Å². The zero-order valence-corrected chi connectivity index (χ0v) is 12.2. The van der Waals surface area contributed by atoms with Crippen molar-refractivity contribution in [3.05, 3.63) is 53.6 Å². The number of fused-ring (bicyclic) bond motifs is 1. The molecule has 0 amide bonds. The monoisotopic (exact) mass is 307 g/mol. The molecule has 1 unspecified atom stereocenters. The summed E-state index contributed by atoms with van der Waals surface area (Å²) < 4.78 is 29.7. The van der Waals surface area contributed by atoms with Gasteiger partial charge in [-0.1, -0.05) is 0 Å². The van der Waals surface area contributed by atoms with Crippen LogP contribution in [-0.2, 0) is 0 Å². The Bertz CT molecular complexity index is 827. The van der Waals surface area contributed by atoms with E-state index in [1.165, 1.54) is 17.6 Å². The molecule has 3 aromatic rings. The SMILES string of the molecule is Cc1cc(F)c(-n2c(C(C)Cl)nc3cnccc32)cc1F. The highest BCUT2D eigenvalue weighted by atomic mass is 35.5. The molecule has 108 valence electrons. The zero-order chi connectivity index (χ0) is 15.1. The van der Waals surface area contributed by atoms with Gasteiger partial charge in [-0.05, 0) is 31.5 Å². The Balaban J connectivity index is 2.38. The average Bonchev–Trinajstić information content (AvgIpc) is 2.82. The standard InChI is InChI=1S/C15H12ClF2N3/c1-8-5-11(18)14(6-10(8)17)21-13-3-4-19-7-12(13)20-15(21)9(2)16/h3-7,9H,1-2H3. The third-order valence-corrected chi connectivity index (χ3v) is 3.50. The fourth-order valence-corrected chi connectivity index (χ4v) is 2.42. The van der Waals surface area contributed by atoms with Gasteiger partial charge in [0.05, 0.1) is 22.8 Å². The Morgan fingerprint density at radius 3 is 2.71 bits per heavy atom. The van der Waals surface area contributed by atoms with Crippen molar-refractivity contribution in [2.45, 2.75) is 19.2 Å². The van der Waals surface area contributed by atoms with Crippen molar-refractivity contribution in [2.75, 3.05) is 0 Å². The van der Waals surface area contributed by atoms with Gasteiger partial charge in [-0.25, -0.2) is 13.8 Å². The molecule has 0 radical (unpaired) electrons. The minimum Gasteiger partial charge on any atom is -0.292 e. The van der Waals surface area contributed by atoms with E-state index in [4.69, 9.17) is 11.6 Å². The lowest BCUT2D eigenvalue weighted by Crippen LogP contribution is -2.05. The summed E-state index contributed by atoms with van der Waals surface area (Å²) in [6.45, 7) is 3.25. The van der Waals surface area contributed by atoms with Gasteiger partial charge in [-0.3, -0.25) is 9.55 Å². The van der Waals surface area contributed by atoms with Crippen molar-refractivity contribution in [2.24, 2.45) is 0 Å². The highest BCUT2D eigenvalue weighted by Gasteiger charge is 2.19. The molecule has 0 aliphatic heterocycles. The van der Waals surface area contributed by atoms with Gasteiger partial charge in [0.15, 0.2) is 0 Å². The van der Waals surface area contributed by atoms with E-state index < -0.39 is 17.0 Å². The topological polar surface area (TPSA) is 30.7 Å². The number of halogens is 3. The average molecular weight is 308 g/mol. The second-order valence-electron chi connectivity index (χ2n) is 4.84. The van der Waals surface area contributed by atoms with E-state index in [0.717, 1.165) is 6.07 Å². The number of aromatic nitrogens is 3. The largest absolute Gasteiger partial charge is 0.292 e. The van der Waals surface area contributed by atoms with Crippen LogP contribution in [0.5, 0.6) is 0 Å². The Morgan fingerprint density at radius 2 is 2.00 bits per heavy atom. The van der Waals surface area contributed by atoms with Crippen molar-refractivity contribution in [3.63, 3.8) is 0 Å². The summed E-state index contributed by atoms with van der Waals surface area (Å²) in [4.78, 5) is 8.35. The van der Waals surface area contributed by atoms with Crippen LogP contribution in [0.1, 0.15) is 23.7 Å². The van der Waals surface area contributed by atoms with E-state index in [1.54, 1.807) is 25.4 Å². The summed E-state index contributed by atoms with van der Waals surface area (Å²) in [5.74, 6) is -0.555. The van der Waals surface area contributed by atoms with Crippen LogP contribution in [0.4, 0.5) is 8.78 Å². The fourth-order valence-electron chi connectivity index (χ4n) is 2.28. The van der Waals surface area contributed by atoms with Crippen molar-refractivity contribution in [3.8, 4) is 5.69 Å². The summed E-state index contributed by atoms with van der Waals surface area (Å²) in [7, 11) is 0. The van der Waals surface area contributed by atoms with E-state index in [-0.39, 0.29) is 11.3 Å². The van der Waals surface area contributed by atoms with E-state index in [2.05, 4.69) is 9.97 Å². The summed E-state index contributed by atoms with van der Waals surface area (Å²) >= 11 is 6.13. The van der Waals surface area contributed by atoms with Crippen LogP contribution in [0, 0.1) is 18.6 Å². The normalized spacial score (nSPS) is 12.8. The maximum absolute atomic E-state index is 14.3. The van der Waals surface area contributed by atoms with Gasteiger partial charge in [0.25, 0.3) is 0 Å². The number of alkyl halides is 1. The molecule has 0 N–H and O–H groups in total. The molecular formula is C15H12ClF2N3. The van der Waals surface area contributed by atoms with Gasteiger partial charge in [0.1, 0.15) is 23.0 Å². The van der Waals surface area contributed by atoms with Gasteiger partial charge in [-0.15, -0.1) is 11.6 Å². The van der Waals surface area contributed by atoms with Gasteiger partial charge >= 0.3 is 0 Å². The molecule has 2 heterocycles. The lowest BCUT2D eigenvalue weighted by atomic mass is 10.2. The van der Waals surface area contributed by atoms with Crippen molar-refractivity contribution >= 4 is 22.6 Å². The smallest absolute Gasteiger partial charge is 0.147 e. The molecule has 0 saturated carbocycles. The highest BCUT2D eigenvalue weighted by Crippen LogP contribution is 2.29. The quantitative estimate of drug-likeness (QED) is 0.661. The molecule has 3 rings (SSSR count). The Kier molecular flexibility index (Phi) is 3.37. The molecule has 0 bridgehead atoms. The first kappa shape index (κ1) is 13.9. The predicted molar refractivity (Wildman–Crippen MR) is 77.8 cm³/mol. The van der Waals surface area contributed by atoms with Gasteiger partial charge in [-0.2, -0.15) is 0 Å². The molecule has 2 aromatic heterocycles. The first-order valence-electron chi connectivity index (χ1n) is 6.41. The molecule has 21 heavy (non-hydrogen) atoms. The van der Waals surface area contributed by atoms with Gasteiger partial charge < -0.3 is 0 Å².